The van der Waals surface area contributed by atoms with Crippen LogP contribution in [0.15, 0.2) is 24.3 Å². The summed E-state index contributed by atoms with van der Waals surface area (Å²) < 4.78 is 0. The van der Waals surface area contributed by atoms with Crippen LogP contribution in [0.25, 0.3) is 0 Å². The maximum absolute atomic E-state index is 12.0. The molecule has 3 N–H and O–H groups in total. The maximum Gasteiger partial charge on any atom is 0.243 e. The molecule has 1 rings (SSSR count). The zero-order chi connectivity index (χ0) is 15.3. The van der Waals surface area contributed by atoms with Gasteiger partial charge in [0.2, 0.25) is 11.8 Å². The topological polar surface area (TPSA) is 75.4 Å². The van der Waals surface area contributed by atoms with Gasteiger partial charge in [0.25, 0.3) is 0 Å². The fourth-order valence-corrected chi connectivity index (χ4v) is 1.82. The average molecular weight is 298 g/mol. The van der Waals surface area contributed by atoms with Crippen molar-refractivity contribution in [3.63, 3.8) is 0 Å². The Kier molecular flexibility index (Phi) is 5.98. The number of hydrogen-bond donors (Lipinski definition) is 2. The highest BCUT2D eigenvalue weighted by Crippen LogP contribution is 2.14. The van der Waals surface area contributed by atoms with E-state index in [1.165, 1.54) is 4.90 Å². The highest BCUT2D eigenvalue weighted by atomic mass is 35.5. The number of likely N-dealkylation sites (N-methyl/N-ethyl adjacent to an activating group) is 1. The number of nitrogens with two attached hydrogens (primary N) is 1. The molecule has 0 aliphatic rings. The summed E-state index contributed by atoms with van der Waals surface area (Å²) in [4.78, 5) is 25.2. The molecule has 0 aliphatic heterocycles. The molecule has 5 nitrogen and oxygen atoms in total. The fraction of sp³-hybridized carbons (Fsp3) is 0.429. The minimum atomic E-state index is -0.320. The normalized spacial score (nSPS) is 13.4. The molecule has 1 aromatic rings. The average Bonchev–Trinajstić information content (AvgIpc) is 2.36. The standard InChI is InChI=1S/C14H20ClN3O2/c1-9(10(2)16)14(20)18(3)8-13(19)17-12-6-4-5-11(15)7-12/h4-7,9-10H,8,16H2,1-3H3,(H,17,19). The number of hydrogen-bond acceptors (Lipinski definition) is 3. The molecule has 1 aromatic carbocycles. The van der Waals surface area contributed by atoms with Gasteiger partial charge in [-0.15, -0.1) is 0 Å². The first kappa shape index (κ1) is 16.5. The van der Waals surface area contributed by atoms with Gasteiger partial charge < -0.3 is 16.0 Å². The van der Waals surface area contributed by atoms with Crippen molar-refractivity contribution in [1.82, 2.24) is 4.90 Å². The Hall–Kier alpha value is -1.59. The summed E-state index contributed by atoms with van der Waals surface area (Å²) in [5.74, 6) is -0.750. The Balaban J connectivity index is 2.56. The van der Waals surface area contributed by atoms with Crippen LogP contribution < -0.4 is 11.1 Å². The second-order valence-corrected chi connectivity index (χ2v) is 5.34. The van der Waals surface area contributed by atoms with Crippen LogP contribution in [0.1, 0.15) is 13.8 Å². The number of nitrogens with zero attached hydrogens (tertiary/aromatic N) is 1. The third-order valence-electron chi connectivity index (χ3n) is 3.04. The molecule has 0 bridgehead atoms. The summed E-state index contributed by atoms with van der Waals surface area (Å²) in [6.07, 6.45) is 0. The zero-order valence-electron chi connectivity index (χ0n) is 11.9. The number of nitrogens with one attached hydrogen (secondary N) is 1. The van der Waals surface area contributed by atoms with E-state index >= 15 is 0 Å². The van der Waals surface area contributed by atoms with E-state index in [1.807, 2.05) is 0 Å². The molecule has 0 fully saturated rings. The molecule has 0 radical (unpaired) electrons. The molecule has 2 atom stereocenters. The van der Waals surface area contributed by atoms with Gasteiger partial charge in [0.15, 0.2) is 0 Å². The molecule has 2 unspecified atom stereocenters. The largest absolute Gasteiger partial charge is 0.336 e. The van der Waals surface area contributed by atoms with Crippen molar-refractivity contribution in [3.05, 3.63) is 29.3 Å². The van der Waals surface area contributed by atoms with Crippen LogP contribution in [-0.4, -0.2) is 36.3 Å². The van der Waals surface area contributed by atoms with Gasteiger partial charge in [-0.1, -0.05) is 24.6 Å². The minimum Gasteiger partial charge on any atom is -0.336 e. The maximum atomic E-state index is 12.0. The predicted octanol–water partition coefficient (Wildman–Crippen LogP) is 1.72. The van der Waals surface area contributed by atoms with Crippen molar-refractivity contribution in [2.24, 2.45) is 11.7 Å². The quantitative estimate of drug-likeness (QED) is 0.869. The van der Waals surface area contributed by atoms with Crippen molar-refractivity contribution in [2.45, 2.75) is 19.9 Å². The third kappa shape index (κ3) is 4.83. The molecule has 0 saturated carbocycles. The molecule has 0 aromatic heterocycles. The lowest BCUT2D eigenvalue weighted by atomic mass is 10.0. The summed E-state index contributed by atoms with van der Waals surface area (Å²) in [6, 6.07) is 6.59. The van der Waals surface area contributed by atoms with E-state index in [9.17, 15) is 9.59 Å². The summed E-state index contributed by atoms with van der Waals surface area (Å²) in [5, 5.41) is 3.23. The van der Waals surface area contributed by atoms with Gasteiger partial charge in [0, 0.05) is 23.8 Å². The molecule has 20 heavy (non-hydrogen) atoms. The number of carbonyl (C=O) groups is 2. The molecule has 0 heterocycles. The Morgan fingerprint density at radius 1 is 1.40 bits per heavy atom. The second kappa shape index (κ2) is 7.26. The number of anilines is 1. The predicted molar refractivity (Wildman–Crippen MR) is 80.5 cm³/mol. The van der Waals surface area contributed by atoms with Crippen molar-refractivity contribution in [2.75, 3.05) is 18.9 Å². The highest BCUT2D eigenvalue weighted by Gasteiger charge is 2.22. The summed E-state index contributed by atoms with van der Waals surface area (Å²) >= 11 is 5.83. The van der Waals surface area contributed by atoms with E-state index in [0.29, 0.717) is 10.7 Å². The van der Waals surface area contributed by atoms with Crippen molar-refractivity contribution >= 4 is 29.1 Å². The number of benzene rings is 1. The van der Waals surface area contributed by atoms with E-state index in [1.54, 1.807) is 45.2 Å². The molecule has 6 heteroatoms. The van der Waals surface area contributed by atoms with Crippen LogP contribution in [0.5, 0.6) is 0 Å². The van der Waals surface area contributed by atoms with E-state index in [4.69, 9.17) is 17.3 Å². The molecule has 0 aliphatic carbocycles. The Bertz CT molecular complexity index is 491. The summed E-state index contributed by atoms with van der Waals surface area (Å²) in [5.41, 5.74) is 6.28. The van der Waals surface area contributed by atoms with Gasteiger partial charge in [-0.25, -0.2) is 0 Å². The summed E-state index contributed by atoms with van der Waals surface area (Å²) in [6.45, 7) is 3.49. The lowest BCUT2D eigenvalue weighted by Crippen LogP contribution is -2.42. The van der Waals surface area contributed by atoms with Crippen LogP contribution >= 0.6 is 11.6 Å². The van der Waals surface area contributed by atoms with Gasteiger partial charge in [-0.2, -0.15) is 0 Å². The summed E-state index contributed by atoms with van der Waals surface area (Å²) in [7, 11) is 1.58. The van der Waals surface area contributed by atoms with Gasteiger partial charge in [-0.05, 0) is 25.1 Å². The first-order chi connectivity index (χ1) is 9.31. The highest BCUT2D eigenvalue weighted by molar-refractivity contribution is 6.30. The molecular formula is C14H20ClN3O2. The van der Waals surface area contributed by atoms with Crippen LogP contribution in [0, 0.1) is 5.92 Å². The molecule has 110 valence electrons. The van der Waals surface area contributed by atoms with Crippen LogP contribution in [0.4, 0.5) is 5.69 Å². The fourth-order valence-electron chi connectivity index (χ4n) is 1.63. The lowest BCUT2D eigenvalue weighted by molar-refractivity contribution is -0.136. The van der Waals surface area contributed by atoms with Crippen LogP contribution in [-0.2, 0) is 9.59 Å². The smallest absolute Gasteiger partial charge is 0.243 e. The Morgan fingerprint density at radius 3 is 2.60 bits per heavy atom. The lowest BCUT2D eigenvalue weighted by Gasteiger charge is -2.23. The SMILES string of the molecule is CC(N)C(C)C(=O)N(C)CC(=O)Nc1cccc(Cl)c1. The number of halogens is 1. The van der Waals surface area contributed by atoms with Gasteiger partial charge in [0.05, 0.1) is 12.5 Å². The molecule has 0 spiro atoms. The molecular weight excluding hydrogens is 278 g/mol. The minimum absolute atomic E-state index is 0.0254. The number of amides is 2. The second-order valence-electron chi connectivity index (χ2n) is 4.90. The molecule has 0 saturated heterocycles. The first-order valence-electron chi connectivity index (χ1n) is 6.37. The number of rotatable bonds is 5. The molecule has 2 amide bonds. The van der Waals surface area contributed by atoms with E-state index in [0.717, 1.165) is 0 Å². The zero-order valence-corrected chi connectivity index (χ0v) is 12.6. The van der Waals surface area contributed by atoms with Crippen LogP contribution in [0.3, 0.4) is 0 Å². The van der Waals surface area contributed by atoms with Gasteiger partial charge >= 0.3 is 0 Å². The van der Waals surface area contributed by atoms with Gasteiger partial charge in [-0.3, -0.25) is 9.59 Å². The van der Waals surface area contributed by atoms with E-state index in [-0.39, 0.29) is 30.3 Å². The third-order valence-corrected chi connectivity index (χ3v) is 3.28. The first-order valence-corrected chi connectivity index (χ1v) is 6.75. The van der Waals surface area contributed by atoms with Crippen molar-refractivity contribution in [3.8, 4) is 0 Å². The Morgan fingerprint density at radius 2 is 2.05 bits per heavy atom. The Labute approximate surface area is 124 Å². The number of carbonyl (C=O) groups excluding carboxylic acids is 2. The van der Waals surface area contributed by atoms with E-state index in [2.05, 4.69) is 5.32 Å². The van der Waals surface area contributed by atoms with Crippen LogP contribution in [0.2, 0.25) is 5.02 Å². The van der Waals surface area contributed by atoms with Gasteiger partial charge in [0.1, 0.15) is 0 Å². The van der Waals surface area contributed by atoms with Crippen molar-refractivity contribution in [1.29, 1.82) is 0 Å². The monoisotopic (exact) mass is 297 g/mol. The van der Waals surface area contributed by atoms with Crippen molar-refractivity contribution < 1.29 is 9.59 Å². The van der Waals surface area contributed by atoms with E-state index < -0.39 is 0 Å².